The molecule has 0 amide bonds. The summed E-state index contributed by atoms with van der Waals surface area (Å²) < 4.78 is 0. The number of hydrogen-bond donors (Lipinski definition) is 2. The van der Waals surface area contributed by atoms with E-state index in [1.54, 1.807) is 0 Å². The van der Waals surface area contributed by atoms with Gasteiger partial charge in [-0.05, 0) is 32.6 Å². The van der Waals surface area contributed by atoms with E-state index in [0.29, 0.717) is 18.4 Å². The number of hydrazine groups is 1. The van der Waals surface area contributed by atoms with Crippen LogP contribution in [-0.2, 0) is 0 Å². The SMILES string of the molecule is CC1NC2C(C)CCC(C)N2N1. The van der Waals surface area contributed by atoms with Crippen molar-refractivity contribution in [1.82, 2.24) is 15.8 Å². The molecule has 0 aliphatic carbocycles. The Morgan fingerprint density at radius 3 is 2.58 bits per heavy atom. The molecule has 70 valence electrons. The molecule has 2 fully saturated rings. The Bertz CT molecular complexity index is 153. The molecule has 0 aromatic carbocycles. The zero-order chi connectivity index (χ0) is 8.72. The van der Waals surface area contributed by atoms with Crippen LogP contribution in [0.1, 0.15) is 33.6 Å². The second-order valence-corrected chi connectivity index (χ2v) is 4.27. The monoisotopic (exact) mass is 169 g/mol. The second-order valence-electron chi connectivity index (χ2n) is 4.27. The van der Waals surface area contributed by atoms with Crippen molar-refractivity contribution in [3.05, 3.63) is 0 Å². The van der Waals surface area contributed by atoms with Gasteiger partial charge in [-0.25, -0.2) is 10.4 Å². The first-order valence-corrected chi connectivity index (χ1v) is 4.99. The molecule has 0 saturated carbocycles. The van der Waals surface area contributed by atoms with Crippen molar-refractivity contribution >= 4 is 0 Å². The first-order valence-electron chi connectivity index (χ1n) is 4.99. The van der Waals surface area contributed by atoms with Crippen LogP contribution in [0.25, 0.3) is 0 Å². The van der Waals surface area contributed by atoms with Crippen molar-refractivity contribution in [2.75, 3.05) is 0 Å². The number of hydrogen-bond acceptors (Lipinski definition) is 3. The lowest BCUT2D eigenvalue weighted by molar-refractivity contribution is 0.0423. The average molecular weight is 169 g/mol. The van der Waals surface area contributed by atoms with Crippen LogP contribution in [0.5, 0.6) is 0 Å². The van der Waals surface area contributed by atoms with Gasteiger partial charge in [0.1, 0.15) is 0 Å². The Balaban J connectivity index is 2.09. The van der Waals surface area contributed by atoms with Gasteiger partial charge >= 0.3 is 0 Å². The minimum absolute atomic E-state index is 0.443. The molecule has 3 nitrogen and oxygen atoms in total. The van der Waals surface area contributed by atoms with Crippen molar-refractivity contribution in [2.45, 2.75) is 52.0 Å². The number of fused-ring (bicyclic) bond motifs is 1. The van der Waals surface area contributed by atoms with Gasteiger partial charge in [0, 0.05) is 6.04 Å². The van der Waals surface area contributed by atoms with Crippen LogP contribution in [0.4, 0.5) is 0 Å². The third-order valence-corrected chi connectivity index (χ3v) is 3.12. The number of nitrogens with zero attached hydrogens (tertiary/aromatic N) is 1. The molecule has 2 aliphatic heterocycles. The van der Waals surface area contributed by atoms with Crippen molar-refractivity contribution in [3.63, 3.8) is 0 Å². The number of piperidine rings is 1. The highest BCUT2D eigenvalue weighted by Gasteiger charge is 2.38. The molecule has 0 radical (unpaired) electrons. The number of rotatable bonds is 0. The van der Waals surface area contributed by atoms with Crippen molar-refractivity contribution < 1.29 is 0 Å². The van der Waals surface area contributed by atoms with Crippen molar-refractivity contribution in [1.29, 1.82) is 0 Å². The summed E-state index contributed by atoms with van der Waals surface area (Å²) in [4.78, 5) is 0. The van der Waals surface area contributed by atoms with Gasteiger partial charge in [0.15, 0.2) is 0 Å². The van der Waals surface area contributed by atoms with Crippen molar-refractivity contribution in [2.24, 2.45) is 5.92 Å². The van der Waals surface area contributed by atoms with Gasteiger partial charge in [-0.3, -0.25) is 5.32 Å². The van der Waals surface area contributed by atoms with Gasteiger partial charge in [-0.2, -0.15) is 0 Å². The molecule has 0 spiro atoms. The van der Waals surface area contributed by atoms with E-state index in [-0.39, 0.29) is 0 Å². The van der Waals surface area contributed by atoms with Crippen LogP contribution < -0.4 is 10.7 Å². The third kappa shape index (κ3) is 1.26. The zero-order valence-electron chi connectivity index (χ0n) is 8.17. The second kappa shape index (κ2) is 2.98. The van der Waals surface area contributed by atoms with Crippen LogP contribution >= 0.6 is 0 Å². The van der Waals surface area contributed by atoms with Crippen molar-refractivity contribution in [3.8, 4) is 0 Å². The van der Waals surface area contributed by atoms with Gasteiger partial charge in [0.2, 0.25) is 0 Å². The summed E-state index contributed by atoms with van der Waals surface area (Å²) in [5, 5.41) is 5.94. The molecule has 0 aromatic rings. The summed E-state index contributed by atoms with van der Waals surface area (Å²) in [6.07, 6.45) is 3.67. The lowest BCUT2D eigenvalue weighted by atomic mass is 9.93. The lowest BCUT2D eigenvalue weighted by Gasteiger charge is -2.38. The van der Waals surface area contributed by atoms with Crippen LogP contribution in [0.3, 0.4) is 0 Å². The van der Waals surface area contributed by atoms with Gasteiger partial charge in [0.05, 0.1) is 12.3 Å². The molecule has 0 bridgehead atoms. The maximum atomic E-state index is 3.55. The summed E-state index contributed by atoms with van der Waals surface area (Å²) >= 11 is 0. The van der Waals surface area contributed by atoms with Gasteiger partial charge in [0.25, 0.3) is 0 Å². The predicted molar refractivity (Wildman–Crippen MR) is 49.2 cm³/mol. The highest BCUT2D eigenvalue weighted by Crippen LogP contribution is 2.27. The topological polar surface area (TPSA) is 27.3 Å². The fraction of sp³-hybridized carbons (Fsp3) is 1.00. The molecule has 2 heterocycles. The molecule has 3 heteroatoms. The third-order valence-electron chi connectivity index (χ3n) is 3.12. The molecule has 4 unspecified atom stereocenters. The summed E-state index contributed by atoms with van der Waals surface area (Å²) in [6.45, 7) is 6.81. The predicted octanol–water partition coefficient (Wildman–Crippen LogP) is 0.887. The molecule has 4 atom stereocenters. The Hall–Kier alpha value is -0.120. The van der Waals surface area contributed by atoms with E-state index < -0.39 is 0 Å². The van der Waals surface area contributed by atoms with E-state index in [2.05, 4.69) is 36.5 Å². The smallest absolute Gasteiger partial charge is 0.0774 e. The van der Waals surface area contributed by atoms with Gasteiger partial charge in [-0.15, -0.1) is 0 Å². The fourth-order valence-electron chi connectivity index (χ4n) is 2.32. The minimum Gasteiger partial charge on any atom is -0.284 e. The Morgan fingerprint density at radius 1 is 1.17 bits per heavy atom. The van der Waals surface area contributed by atoms with Crippen LogP contribution in [-0.4, -0.2) is 23.4 Å². The maximum absolute atomic E-state index is 3.55. The first-order chi connectivity index (χ1) is 5.68. The van der Waals surface area contributed by atoms with E-state index in [1.807, 2.05) is 0 Å². The van der Waals surface area contributed by atoms with E-state index in [4.69, 9.17) is 0 Å². The summed E-state index contributed by atoms with van der Waals surface area (Å²) in [7, 11) is 0. The quantitative estimate of drug-likeness (QED) is 0.564. The standard InChI is InChI=1S/C9H19N3/c1-6-4-5-7(2)12-9(6)10-8(3)11-12/h6-11H,4-5H2,1-3H3. The lowest BCUT2D eigenvalue weighted by Crippen LogP contribution is -2.52. The molecule has 12 heavy (non-hydrogen) atoms. The summed E-state index contributed by atoms with van der Waals surface area (Å²) in [6, 6.07) is 0.684. The Kier molecular flexibility index (Phi) is 2.10. The van der Waals surface area contributed by atoms with E-state index in [9.17, 15) is 0 Å². The average Bonchev–Trinajstić information content (AvgIpc) is 2.41. The zero-order valence-corrected chi connectivity index (χ0v) is 8.17. The molecule has 2 rings (SSSR count). The van der Waals surface area contributed by atoms with E-state index in [0.717, 1.165) is 5.92 Å². The summed E-state index contributed by atoms with van der Waals surface area (Å²) in [5.74, 6) is 0.777. The summed E-state index contributed by atoms with van der Waals surface area (Å²) in [5.41, 5.74) is 3.46. The van der Waals surface area contributed by atoms with Gasteiger partial charge < -0.3 is 0 Å². The van der Waals surface area contributed by atoms with E-state index in [1.165, 1.54) is 12.8 Å². The Morgan fingerprint density at radius 2 is 1.92 bits per heavy atom. The molecule has 2 N–H and O–H groups in total. The highest BCUT2D eigenvalue weighted by atomic mass is 15.7. The van der Waals surface area contributed by atoms with Crippen LogP contribution in [0.15, 0.2) is 0 Å². The van der Waals surface area contributed by atoms with Crippen LogP contribution in [0, 0.1) is 5.92 Å². The number of nitrogens with one attached hydrogen (secondary N) is 2. The highest BCUT2D eigenvalue weighted by molar-refractivity contribution is 4.88. The maximum Gasteiger partial charge on any atom is 0.0774 e. The molecule has 2 saturated heterocycles. The normalized spacial score (nSPS) is 49.2. The molecular weight excluding hydrogens is 150 g/mol. The minimum atomic E-state index is 0.443. The van der Waals surface area contributed by atoms with E-state index >= 15 is 0 Å². The molecule has 0 aromatic heterocycles. The van der Waals surface area contributed by atoms with Gasteiger partial charge in [-0.1, -0.05) is 6.92 Å². The fourth-order valence-corrected chi connectivity index (χ4v) is 2.32. The van der Waals surface area contributed by atoms with Crippen LogP contribution in [0.2, 0.25) is 0 Å². The Labute approximate surface area is 74.5 Å². The largest absolute Gasteiger partial charge is 0.284 e. The first kappa shape index (κ1) is 8.48. The molecular formula is C9H19N3. The molecule has 2 aliphatic rings.